The van der Waals surface area contributed by atoms with Crippen molar-refractivity contribution in [3.05, 3.63) is 0 Å². The first-order valence-corrected chi connectivity index (χ1v) is 4.27. The van der Waals surface area contributed by atoms with Gasteiger partial charge in [0.2, 0.25) is 0 Å². The average molecular weight is 160 g/mol. The van der Waals surface area contributed by atoms with Crippen molar-refractivity contribution < 1.29 is 4.39 Å². The summed E-state index contributed by atoms with van der Waals surface area (Å²) in [5.74, 6) is 0. The number of likely N-dealkylation sites (tertiary alicyclic amines) is 1. The minimum Gasteiger partial charge on any atom is -0.323 e. The molecular weight excluding hydrogens is 143 g/mol. The summed E-state index contributed by atoms with van der Waals surface area (Å²) in [5, 5.41) is 0. The Kier molecular flexibility index (Phi) is 2.84. The number of hydrogen-bond donors (Lipinski definition) is 1. The van der Waals surface area contributed by atoms with Gasteiger partial charge in [-0.05, 0) is 32.5 Å². The Labute approximate surface area is 67.6 Å². The van der Waals surface area contributed by atoms with Crippen molar-refractivity contribution in [3.8, 4) is 0 Å². The number of rotatable bonds is 2. The van der Waals surface area contributed by atoms with E-state index in [-0.39, 0.29) is 6.67 Å². The van der Waals surface area contributed by atoms with Crippen LogP contribution in [0.15, 0.2) is 0 Å². The van der Waals surface area contributed by atoms with E-state index in [4.69, 9.17) is 5.73 Å². The highest BCUT2D eigenvalue weighted by atomic mass is 19.1. The first kappa shape index (κ1) is 8.94. The number of alkyl halides is 1. The molecular formula is C8H17FN2. The zero-order valence-corrected chi connectivity index (χ0v) is 7.15. The molecule has 0 aromatic rings. The fraction of sp³-hybridized carbons (Fsp3) is 1.00. The van der Waals surface area contributed by atoms with Crippen LogP contribution >= 0.6 is 0 Å². The smallest absolute Gasteiger partial charge is 0.107 e. The highest BCUT2D eigenvalue weighted by Gasteiger charge is 2.29. The predicted octanol–water partition coefficient (Wildman–Crippen LogP) is 0.769. The largest absolute Gasteiger partial charge is 0.323 e. The summed E-state index contributed by atoms with van der Waals surface area (Å²) in [4.78, 5) is 2.31. The van der Waals surface area contributed by atoms with E-state index in [0.29, 0.717) is 0 Å². The fourth-order valence-corrected chi connectivity index (χ4v) is 1.45. The lowest BCUT2D eigenvalue weighted by atomic mass is 9.90. The Morgan fingerprint density at radius 1 is 1.45 bits per heavy atom. The average Bonchev–Trinajstić information content (AvgIpc) is 2.06. The van der Waals surface area contributed by atoms with Crippen molar-refractivity contribution in [1.82, 2.24) is 4.90 Å². The van der Waals surface area contributed by atoms with Crippen molar-refractivity contribution in [2.45, 2.75) is 25.3 Å². The van der Waals surface area contributed by atoms with Crippen LogP contribution in [0.4, 0.5) is 4.39 Å². The van der Waals surface area contributed by atoms with Crippen LogP contribution in [0.5, 0.6) is 0 Å². The number of piperidine rings is 1. The van der Waals surface area contributed by atoms with Crippen LogP contribution in [0, 0.1) is 0 Å². The molecule has 2 nitrogen and oxygen atoms in total. The monoisotopic (exact) mass is 160 g/mol. The summed E-state index contributed by atoms with van der Waals surface area (Å²) in [6, 6.07) is 0. The molecule has 1 aliphatic heterocycles. The van der Waals surface area contributed by atoms with Gasteiger partial charge < -0.3 is 10.6 Å². The number of nitrogens with zero attached hydrogens (tertiary/aromatic N) is 1. The second-order valence-corrected chi connectivity index (χ2v) is 3.43. The van der Waals surface area contributed by atoms with Crippen molar-refractivity contribution in [3.63, 3.8) is 0 Å². The van der Waals surface area contributed by atoms with Gasteiger partial charge in [0.15, 0.2) is 0 Å². The van der Waals surface area contributed by atoms with Crippen molar-refractivity contribution in [1.29, 1.82) is 0 Å². The van der Waals surface area contributed by atoms with Crippen molar-refractivity contribution in [2.24, 2.45) is 5.73 Å². The number of halogens is 1. The van der Waals surface area contributed by atoms with Crippen LogP contribution in [0.2, 0.25) is 0 Å². The molecule has 0 spiro atoms. The van der Waals surface area contributed by atoms with E-state index >= 15 is 0 Å². The van der Waals surface area contributed by atoms with Gasteiger partial charge in [-0.2, -0.15) is 0 Å². The Morgan fingerprint density at radius 3 is 2.36 bits per heavy atom. The van der Waals surface area contributed by atoms with Gasteiger partial charge in [-0.15, -0.1) is 0 Å². The third-order valence-electron chi connectivity index (χ3n) is 2.57. The molecule has 0 radical (unpaired) electrons. The SMILES string of the molecule is CCN1CCC(N)(CF)CC1. The maximum absolute atomic E-state index is 12.4. The Morgan fingerprint density at radius 2 is 2.00 bits per heavy atom. The molecule has 0 amide bonds. The van der Waals surface area contributed by atoms with E-state index in [0.717, 1.165) is 32.5 Å². The van der Waals surface area contributed by atoms with E-state index in [9.17, 15) is 4.39 Å². The molecule has 0 atom stereocenters. The van der Waals surface area contributed by atoms with Crippen molar-refractivity contribution in [2.75, 3.05) is 26.3 Å². The first-order chi connectivity index (χ1) is 5.20. The van der Waals surface area contributed by atoms with Crippen LogP contribution < -0.4 is 5.73 Å². The molecule has 66 valence electrons. The molecule has 2 N–H and O–H groups in total. The summed E-state index contributed by atoms with van der Waals surface area (Å²) in [7, 11) is 0. The van der Waals surface area contributed by atoms with Crippen LogP contribution in [-0.4, -0.2) is 36.7 Å². The molecule has 1 saturated heterocycles. The second kappa shape index (κ2) is 3.50. The summed E-state index contributed by atoms with van der Waals surface area (Å²) in [6.07, 6.45) is 1.61. The van der Waals surface area contributed by atoms with Gasteiger partial charge >= 0.3 is 0 Å². The minimum absolute atomic E-state index is 0.370. The molecule has 0 bridgehead atoms. The quantitative estimate of drug-likeness (QED) is 0.646. The van der Waals surface area contributed by atoms with Crippen LogP contribution in [0.3, 0.4) is 0 Å². The maximum atomic E-state index is 12.4. The second-order valence-electron chi connectivity index (χ2n) is 3.43. The molecule has 1 heterocycles. The Bertz CT molecular complexity index is 119. The molecule has 1 fully saturated rings. The van der Waals surface area contributed by atoms with Gasteiger partial charge in [0.1, 0.15) is 6.67 Å². The fourth-order valence-electron chi connectivity index (χ4n) is 1.45. The van der Waals surface area contributed by atoms with Crippen LogP contribution in [-0.2, 0) is 0 Å². The third-order valence-corrected chi connectivity index (χ3v) is 2.57. The Balaban J connectivity index is 2.35. The van der Waals surface area contributed by atoms with Gasteiger partial charge in [0.25, 0.3) is 0 Å². The van der Waals surface area contributed by atoms with Crippen LogP contribution in [0.25, 0.3) is 0 Å². The lowest BCUT2D eigenvalue weighted by Crippen LogP contribution is -2.51. The maximum Gasteiger partial charge on any atom is 0.107 e. The summed E-state index contributed by atoms with van der Waals surface area (Å²) >= 11 is 0. The van der Waals surface area contributed by atoms with Gasteiger partial charge in [-0.1, -0.05) is 6.92 Å². The molecule has 11 heavy (non-hydrogen) atoms. The molecule has 0 aromatic carbocycles. The summed E-state index contributed by atoms with van der Waals surface area (Å²) < 4.78 is 12.4. The minimum atomic E-state index is -0.508. The van der Waals surface area contributed by atoms with Gasteiger partial charge in [-0.3, -0.25) is 0 Å². The number of nitrogens with two attached hydrogens (primary N) is 1. The molecule has 0 aromatic heterocycles. The first-order valence-electron chi connectivity index (χ1n) is 4.27. The molecule has 1 rings (SSSR count). The zero-order chi connectivity index (χ0) is 8.32. The van der Waals surface area contributed by atoms with Crippen molar-refractivity contribution >= 4 is 0 Å². The van der Waals surface area contributed by atoms with E-state index in [1.54, 1.807) is 0 Å². The van der Waals surface area contributed by atoms with E-state index in [1.807, 2.05) is 0 Å². The highest BCUT2D eigenvalue weighted by Crippen LogP contribution is 2.19. The van der Waals surface area contributed by atoms with Gasteiger partial charge in [-0.25, -0.2) is 4.39 Å². The molecule has 0 unspecified atom stereocenters. The lowest BCUT2D eigenvalue weighted by Gasteiger charge is -2.36. The van der Waals surface area contributed by atoms with Crippen LogP contribution in [0.1, 0.15) is 19.8 Å². The van der Waals surface area contributed by atoms with E-state index < -0.39 is 5.54 Å². The topological polar surface area (TPSA) is 29.3 Å². The molecule has 3 heteroatoms. The summed E-state index contributed by atoms with van der Waals surface area (Å²) in [6.45, 7) is 4.72. The number of hydrogen-bond acceptors (Lipinski definition) is 2. The van der Waals surface area contributed by atoms with Gasteiger partial charge in [0.05, 0.1) is 0 Å². The Hall–Kier alpha value is -0.150. The highest BCUT2D eigenvalue weighted by molar-refractivity contribution is 4.89. The normalized spacial score (nSPS) is 25.4. The zero-order valence-electron chi connectivity index (χ0n) is 7.15. The van der Waals surface area contributed by atoms with E-state index in [2.05, 4.69) is 11.8 Å². The molecule has 0 saturated carbocycles. The lowest BCUT2D eigenvalue weighted by molar-refractivity contribution is 0.145. The standard InChI is InChI=1S/C8H17FN2/c1-2-11-5-3-8(10,7-9)4-6-11/h2-7,10H2,1H3. The molecule has 1 aliphatic rings. The predicted molar refractivity (Wildman–Crippen MR) is 44.2 cm³/mol. The van der Waals surface area contributed by atoms with Gasteiger partial charge in [0, 0.05) is 5.54 Å². The van der Waals surface area contributed by atoms with E-state index in [1.165, 1.54) is 0 Å². The molecule has 0 aliphatic carbocycles. The summed E-state index contributed by atoms with van der Waals surface area (Å²) in [5.41, 5.74) is 5.27. The third kappa shape index (κ3) is 2.14.